The molecule has 0 bridgehead atoms. The van der Waals surface area contributed by atoms with E-state index in [1.807, 2.05) is 35.0 Å². The fourth-order valence-electron chi connectivity index (χ4n) is 2.31. The van der Waals surface area contributed by atoms with Gasteiger partial charge in [0.1, 0.15) is 18.6 Å². The Labute approximate surface area is 136 Å². The summed E-state index contributed by atoms with van der Waals surface area (Å²) in [5, 5.41) is 24.6. The smallest absolute Gasteiger partial charge is 0.287 e. The number of hydrazone groups is 1. The highest BCUT2D eigenvalue weighted by Crippen LogP contribution is 2.20. The van der Waals surface area contributed by atoms with E-state index in [2.05, 4.69) is 21.6 Å². The first-order chi connectivity index (χ1) is 11.7. The van der Waals surface area contributed by atoms with Crippen LogP contribution in [0, 0.1) is 21.4 Å². The predicted octanol–water partition coefficient (Wildman–Crippen LogP) is 2.91. The summed E-state index contributed by atoms with van der Waals surface area (Å²) >= 11 is 0. The van der Waals surface area contributed by atoms with Crippen molar-refractivity contribution in [3.63, 3.8) is 0 Å². The summed E-state index contributed by atoms with van der Waals surface area (Å²) in [6.07, 6.45) is 4.64. The first-order valence-electron chi connectivity index (χ1n) is 7.03. The van der Waals surface area contributed by atoms with Crippen molar-refractivity contribution < 1.29 is 4.92 Å². The summed E-state index contributed by atoms with van der Waals surface area (Å²) in [7, 11) is 0. The van der Waals surface area contributed by atoms with Crippen LogP contribution in [0.3, 0.4) is 0 Å². The van der Waals surface area contributed by atoms with Gasteiger partial charge in [0.25, 0.3) is 5.69 Å². The van der Waals surface area contributed by atoms with Crippen LogP contribution in [0.2, 0.25) is 0 Å². The maximum Gasteiger partial charge on any atom is 0.287 e. The van der Waals surface area contributed by atoms with Crippen LogP contribution in [0.1, 0.15) is 5.56 Å². The number of pyridine rings is 1. The number of fused-ring (bicyclic) bond motifs is 1. The fourth-order valence-corrected chi connectivity index (χ4v) is 2.31. The van der Waals surface area contributed by atoms with Crippen LogP contribution in [0.25, 0.3) is 10.9 Å². The molecule has 0 radical (unpaired) electrons. The van der Waals surface area contributed by atoms with Gasteiger partial charge in [-0.1, -0.05) is 18.2 Å². The van der Waals surface area contributed by atoms with Crippen molar-refractivity contribution >= 4 is 28.6 Å². The number of hydrogen-bond acceptors (Lipinski definition) is 6. The fraction of sp³-hybridized carbons (Fsp3) is 0.0625. The van der Waals surface area contributed by atoms with Crippen molar-refractivity contribution in [3.05, 3.63) is 64.5 Å². The lowest BCUT2D eigenvalue weighted by Crippen LogP contribution is -1.95. The quantitative estimate of drug-likeness (QED) is 0.441. The van der Waals surface area contributed by atoms with Gasteiger partial charge in [0.05, 0.1) is 17.2 Å². The summed E-state index contributed by atoms with van der Waals surface area (Å²) < 4.78 is 1.85. The second kappa shape index (κ2) is 6.58. The normalized spacial score (nSPS) is 10.8. The average Bonchev–Trinajstić information content (AvgIpc) is 2.94. The van der Waals surface area contributed by atoms with Crippen LogP contribution in [-0.4, -0.2) is 20.7 Å². The van der Waals surface area contributed by atoms with Crippen molar-refractivity contribution in [3.8, 4) is 6.07 Å². The maximum atomic E-state index is 10.6. The molecule has 0 aliphatic heterocycles. The number of hydrogen-bond donors (Lipinski definition) is 1. The highest BCUT2D eigenvalue weighted by molar-refractivity contribution is 5.99. The van der Waals surface area contributed by atoms with Gasteiger partial charge in [-0.15, -0.1) is 0 Å². The maximum absolute atomic E-state index is 10.6. The molecule has 0 atom stereocenters. The molecule has 0 aliphatic carbocycles. The molecule has 0 saturated carbocycles. The number of anilines is 1. The highest BCUT2D eigenvalue weighted by atomic mass is 16.6. The summed E-state index contributed by atoms with van der Waals surface area (Å²) in [6, 6.07) is 12.7. The molecular formula is C16H12N6O2. The molecule has 8 heteroatoms. The zero-order valence-corrected chi connectivity index (χ0v) is 12.5. The van der Waals surface area contributed by atoms with E-state index < -0.39 is 4.92 Å². The number of aromatic nitrogens is 2. The summed E-state index contributed by atoms with van der Waals surface area (Å²) in [4.78, 5) is 14.0. The van der Waals surface area contributed by atoms with Crippen LogP contribution in [-0.2, 0) is 6.54 Å². The Balaban J connectivity index is 1.80. The molecule has 0 amide bonds. The minimum Gasteiger partial charge on any atom is -0.333 e. The molecule has 2 heterocycles. The van der Waals surface area contributed by atoms with Crippen LogP contribution < -0.4 is 5.43 Å². The predicted molar refractivity (Wildman–Crippen MR) is 89.7 cm³/mol. The molecule has 2 aromatic heterocycles. The third-order valence-electron chi connectivity index (χ3n) is 3.40. The lowest BCUT2D eigenvalue weighted by Gasteiger charge is -1.97. The number of nitriles is 1. The first-order valence-corrected chi connectivity index (χ1v) is 7.03. The molecule has 24 heavy (non-hydrogen) atoms. The Bertz CT molecular complexity index is 953. The molecule has 1 N–H and O–H groups in total. The number of rotatable bonds is 5. The molecule has 8 nitrogen and oxygen atoms in total. The molecule has 3 rings (SSSR count). The third kappa shape index (κ3) is 3.05. The average molecular weight is 320 g/mol. The Morgan fingerprint density at radius 2 is 2.21 bits per heavy atom. The van der Waals surface area contributed by atoms with Crippen molar-refractivity contribution in [2.24, 2.45) is 5.10 Å². The minimum atomic E-state index is -0.510. The Morgan fingerprint density at radius 1 is 1.38 bits per heavy atom. The molecule has 0 unspecified atom stereocenters. The molecule has 0 aliphatic rings. The van der Waals surface area contributed by atoms with Gasteiger partial charge < -0.3 is 4.57 Å². The van der Waals surface area contributed by atoms with Crippen LogP contribution in [0.4, 0.5) is 11.5 Å². The zero-order chi connectivity index (χ0) is 16.9. The largest absolute Gasteiger partial charge is 0.333 e. The standard InChI is InChI=1S/C16H12N6O2/c17-7-8-21-11-12(14-3-1-2-4-15(14)21)9-19-20-16-6-5-13(10-18-16)22(23)24/h1-6,9-11H,8H2,(H,18,20)/b19-9-. The van der Waals surface area contributed by atoms with Crippen molar-refractivity contribution in [2.45, 2.75) is 6.54 Å². The molecule has 0 saturated heterocycles. The first kappa shape index (κ1) is 15.2. The van der Waals surface area contributed by atoms with Gasteiger partial charge in [-0.3, -0.25) is 15.5 Å². The topological polar surface area (TPSA) is 109 Å². The van der Waals surface area contributed by atoms with Gasteiger partial charge in [-0.05, 0) is 12.1 Å². The van der Waals surface area contributed by atoms with Crippen molar-refractivity contribution in [1.82, 2.24) is 9.55 Å². The molecule has 118 valence electrons. The van der Waals surface area contributed by atoms with E-state index in [0.29, 0.717) is 5.82 Å². The van der Waals surface area contributed by atoms with E-state index in [1.54, 1.807) is 6.21 Å². The zero-order valence-electron chi connectivity index (χ0n) is 12.5. The number of benzene rings is 1. The van der Waals surface area contributed by atoms with Gasteiger partial charge in [-0.25, -0.2) is 4.98 Å². The van der Waals surface area contributed by atoms with Crippen LogP contribution in [0.15, 0.2) is 53.9 Å². The Morgan fingerprint density at radius 3 is 2.92 bits per heavy atom. The van der Waals surface area contributed by atoms with Gasteiger partial charge in [-0.2, -0.15) is 10.4 Å². The molecule has 0 fully saturated rings. The van der Waals surface area contributed by atoms with E-state index in [9.17, 15) is 10.1 Å². The number of nitro groups is 1. The van der Waals surface area contributed by atoms with Crippen molar-refractivity contribution in [1.29, 1.82) is 5.26 Å². The monoisotopic (exact) mass is 320 g/mol. The van der Waals surface area contributed by atoms with Gasteiger partial charge in [0.15, 0.2) is 0 Å². The lowest BCUT2D eigenvalue weighted by molar-refractivity contribution is -0.385. The van der Waals surface area contributed by atoms with Gasteiger partial charge >= 0.3 is 0 Å². The van der Waals surface area contributed by atoms with E-state index in [-0.39, 0.29) is 12.2 Å². The molecule has 1 aromatic carbocycles. The minimum absolute atomic E-state index is 0.0795. The van der Waals surface area contributed by atoms with Crippen LogP contribution in [0.5, 0.6) is 0 Å². The second-order valence-electron chi connectivity index (χ2n) is 4.92. The summed E-state index contributed by atoms with van der Waals surface area (Å²) in [5.74, 6) is 0.401. The molecule has 3 aromatic rings. The third-order valence-corrected chi connectivity index (χ3v) is 3.40. The number of para-hydroxylation sites is 1. The second-order valence-corrected chi connectivity index (χ2v) is 4.92. The van der Waals surface area contributed by atoms with Gasteiger partial charge in [0, 0.05) is 28.7 Å². The van der Waals surface area contributed by atoms with E-state index in [4.69, 9.17) is 5.26 Å². The van der Waals surface area contributed by atoms with E-state index in [0.717, 1.165) is 22.7 Å². The van der Waals surface area contributed by atoms with Crippen LogP contribution >= 0.6 is 0 Å². The lowest BCUT2D eigenvalue weighted by atomic mass is 10.2. The number of nitrogens with zero attached hydrogens (tertiary/aromatic N) is 5. The molecular weight excluding hydrogens is 308 g/mol. The van der Waals surface area contributed by atoms with E-state index in [1.165, 1.54) is 12.1 Å². The summed E-state index contributed by atoms with van der Waals surface area (Å²) in [5.41, 5.74) is 4.46. The molecule has 0 spiro atoms. The SMILES string of the molecule is N#CCn1cc(/C=N\Nc2ccc([N+](=O)[O-])cn2)c2ccccc21. The van der Waals surface area contributed by atoms with Crippen molar-refractivity contribution in [2.75, 3.05) is 5.43 Å². The number of nitrogens with one attached hydrogen (secondary N) is 1. The Hall–Kier alpha value is -3.73. The van der Waals surface area contributed by atoms with Gasteiger partial charge in [0.2, 0.25) is 0 Å². The van der Waals surface area contributed by atoms with E-state index >= 15 is 0 Å². The Kier molecular flexibility index (Phi) is 4.16. The summed E-state index contributed by atoms with van der Waals surface area (Å²) in [6.45, 7) is 0.256. The highest BCUT2D eigenvalue weighted by Gasteiger charge is 2.06.